The van der Waals surface area contributed by atoms with Crippen molar-refractivity contribution in [3.8, 4) is 0 Å². The summed E-state index contributed by atoms with van der Waals surface area (Å²) in [5, 5.41) is 14.8. The van der Waals surface area contributed by atoms with Crippen LogP contribution < -0.4 is 10.6 Å². The van der Waals surface area contributed by atoms with Crippen molar-refractivity contribution < 1.29 is 14.7 Å². The number of carbonyl (C=O) groups excluding carboxylic acids is 1. The first-order chi connectivity index (χ1) is 10.1. The van der Waals surface area contributed by atoms with Crippen molar-refractivity contribution in [3.63, 3.8) is 0 Å². The van der Waals surface area contributed by atoms with Gasteiger partial charge >= 0.3 is 12.0 Å². The molecular weight excluding hydrogens is 270 g/mol. The maximum absolute atomic E-state index is 11.9. The number of nitrogens with one attached hydrogen (secondary N) is 2. The SMILES string of the molecule is CCCC(CNC(=O)NC1CCN2CCCC2C1)C(=O)O. The molecule has 0 bridgehead atoms. The lowest BCUT2D eigenvalue weighted by molar-refractivity contribution is -0.141. The Morgan fingerprint density at radius 2 is 2.14 bits per heavy atom. The molecule has 2 rings (SSSR count). The molecule has 6 heteroatoms. The Hall–Kier alpha value is -1.30. The van der Waals surface area contributed by atoms with E-state index in [1.807, 2.05) is 6.92 Å². The van der Waals surface area contributed by atoms with Gasteiger partial charge in [0.15, 0.2) is 0 Å². The van der Waals surface area contributed by atoms with E-state index >= 15 is 0 Å². The number of urea groups is 1. The number of aliphatic carboxylic acids is 1. The number of rotatable bonds is 6. The number of nitrogens with zero attached hydrogens (tertiary/aromatic N) is 1. The molecule has 120 valence electrons. The fourth-order valence-electron chi connectivity index (χ4n) is 3.47. The lowest BCUT2D eigenvalue weighted by Gasteiger charge is -2.35. The van der Waals surface area contributed by atoms with Gasteiger partial charge in [-0.2, -0.15) is 0 Å². The van der Waals surface area contributed by atoms with Crippen LogP contribution in [0.1, 0.15) is 45.4 Å². The minimum Gasteiger partial charge on any atom is -0.481 e. The minimum atomic E-state index is -0.837. The van der Waals surface area contributed by atoms with Crippen LogP contribution in [0, 0.1) is 5.92 Å². The molecule has 2 amide bonds. The lowest BCUT2D eigenvalue weighted by atomic mass is 9.98. The maximum atomic E-state index is 11.9. The second kappa shape index (κ2) is 7.64. The van der Waals surface area contributed by atoms with E-state index in [4.69, 9.17) is 5.11 Å². The zero-order chi connectivity index (χ0) is 15.2. The molecule has 2 fully saturated rings. The van der Waals surface area contributed by atoms with Gasteiger partial charge in [0.25, 0.3) is 0 Å². The first-order valence-corrected chi connectivity index (χ1v) is 8.11. The second-order valence-corrected chi connectivity index (χ2v) is 6.23. The van der Waals surface area contributed by atoms with Crippen LogP contribution in [-0.4, -0.2) is 53.7 Å². The van der Waals surface area contributed by atoms with Crippen LogP contribution in [0.25, 0.3) is 0 Å². The van der Waals surface area contributed by atoms with Gasteiger partial charge in [0.05, 0.1) is 5.92 Å². The highest BCUT2D eigenvalue weighted by Gasteiger charge is 2.32. The normalized spacial score (nSPS) is 26.9. The maximum Gasteiger partial charge on any atom is 0.315 e. The monoisotopic (exact) mass is 297 g/mol. The Bertz CT molecular complexity index is 375. The average molecular weight is 297 g/mol. The van der Waals surface area contributed by atoms with Crippen molar-refractivity contribution in [1.29, 1.82) is 0 Å². The van der Waals surface area contributed by atoms with E-state index in [9.17, 15) is 9.59 Å². The molecule has 2 saturated heterocycles. The predicted molar refractivity (Wildman–Crippen MR) is 80.2 cm³/mol. The van der Waals surface area contributed by atoms with E-state index in [1.165, 1.54) is 19.4 Å². The van der Waals surface area contributed by atoms with Gasteiger partial charge in [0, 0.05) is 25.2 Å². The van der Waals surface area contributed by atoms with Crippen molar-refractivity contribution in [2.45, 2.75) is 57.5 Å². The molecule has 0 aromatic carbocycles. The average Bonchev–Trinajstić information content (AvgIpc) is 2.90. The number of carboxylic acids is 1. The molecule has 2 heterocycles. The van der Waals surface area contributed by atoms with Gasteiger partial charge in [0.1, 0.15) is 0 Å². The number of hydrogen-bond acceptors (Lipinski definition) is 3. The summed E-state index contributed by atoms with van der Waals surface area (Å²) in [5.41, 5.74) is 0. The standard InChI is InChI=1S/C15H27N3O3/c1-2-4-11(14(19)20)10-16-15(21)17-12-6-8-18-7-3-5-13(18)9-12/h11-13H,2-10H2,1H3,(H,19,20)(H2,16,17,21). The van der Waals surface area contributed by atoms with Gasteiger partial charge in [-0.3, -0.25) is 4.79 Å². The van der Waals surface area contributed by atoms with Crippen molar-refractivity contribution in [3.05, 3.63) is 0 Å². The second-order valence-electron chi connectivity index (χ2n) is 6.23. The minimum absolute atomic E-state index is 0.206. The summed E-state index contributed by atoms with van der Waals surface area (Å²) < 4.78 is 0. The third-order valence-corrected chi connectivity index (χ3v) is 4.65. The Balaban J connectivity index is 1.70. The molecule has 6 nitrogen and oxygen atoms in total. The number of piperidine rings is 1. The number of carbonyl (C=O) groups is 2. The van der Waals surface area contributed by atoms with Crippen LogP contribution >= 0.6 is 0 Å². The molecule has 0 saturated carbocycles. The zero-order valence-electron chi connectivity index (χ0n) is 12.8. The van der Waals surface area contributed by atoms with Crippen LogP contribution in [0.5, 0.6) is 0 Å². The summed E-state index contributed by atoms with van der Waals surface area (Å²) >= 11 is 0. The van der Waals surface area contributed by atoms with E-state index in [0.717, 1.165) is 25.8 Å². The van der Waals surface area contributed by atoms with Crippen LogP contribution in [0.2, 0.25) is 0 Å². The molecular formula is C15H27N3O3. The largest absolute Gasteiger partial charge is 0.481 e. The molecule has 0 aromatic rings. The van der Waals surface area contributed by atoms with Crippen LogP contribution in [0.15, 0.2) is 0 Å². The molecule has 3 atom stereocenters. The molecule has 3 N–H and O–H groups in total. The topological polar surface area (TPSA) is 81.7 Å². The van der Waals surface area contributed by atoms with Gasteiger partial charge in [-0.1, -0.05) is 13.3 Å². The highest BCUT2D eigenvalue weighted by Crippen LogP contribution is 2.26. The summed E-state index contributed by atoms with van der Waals surface area (Å²) in [5.74, 6) is -1.33. The van der Waals surface area contributed by atoms with Crippen LogP contribution in [0.4, 0.5) is 4.79 Å². The molecule has 0 aromatic heterocycles. The quantitative estimate of drug-likeness (QED) is 0.692. The van der Waals surface area contributed by atoms with E-state index in [2.05, 4.69) is 15.5 Å². The molecule has 21 heavy (non-hydrogen) atoms. The highest BCUT2D eigenvalue weighted by atomic mass is 16.4. The van der Waals surface area contributed by atoms with Crippen LogP contribution in [-0.2, 0) is 4.79 Å². The molecule has 2 aliphatic heterocycles. The van der Waals surface area contributed by atoms with Crippen molar-refractivity contribution >= 4 is 12.0 Å². The van der Waals surface area contributed by atoms with Gasteiger partial charge in [0.2, 0.25) is 0 Å². The van der Waals surface area contributed by atoms with Crippen molar-refractivity contribution in [2.24, 2.45) is 5.92 Å². The fraction of sp³-hybridized carbons (Fsp3) is 0.867. The van der Waals surface area contributed by atoms with E-state index in [1.54, 1.807) is 0 Å². The number of hydrogen-bond donors (Lipinski definition) is 3. The molecule has 0 radical (unpaired) electrons. The Morgan fingerprint density at radius 1 is 1.33 bits per heavy atom. The Kier molecular flexibility index (Phi) is 5.85. The Labute approximate surface area is 126 Å². The molecule has 2 aliphatic rings. The van der Waals surface area contributed by atoms with Gasteiger partial charge in [-0.15, -0.1) is 0 Å². The third kappa shape index (κ3) is 4.59. The van der Waals surface area contributed by atoms with Crippen molar-refractivity contribution in [1.82, 2.24) is 15.5 Å². The third-order valence-electron chi connectivity index (χ3n) is 4.65. The number of carboxylic acid groups (broad SMARTS) is 1. The van der Waals surface area contributed by atoms with E-state index in [-0.39, 0.29) is 18.6 Å². The van der Waals surface area contributed by atoms with E-state index < -0.39 is 11.9 Å². The predicted octanol–water partition coefficient (Wildman–Crippen LogP) is 1.41. The zero-order valence-corrected chi connectivity index (χ0v) is 12.8. The summed E-state index contributed by atoms with van der Waals surface area (Å²) in [4.78, 5) is 25.5. The summed E-state index contributed by atoms with van der Waals surface area (Å²) in [7, 11) is 0. The lowest BCUT2D eigenvalue weighted by Crippen LogP contribution is -2.50. The summed E-state index contributed by atoms with van der Waals surface area (Å²) in [6.07, 6.45) is 5.90. The first kappa shape index (κ1) is 16.1. The fourth-order valence-corrected chi connectivity index (χ4v) is 3.47. The van der Waals surface area contributed by atoms with Gasteiger partial charge in [-0.25, -0.2) is 4.79 Å². The summed E-state index contributed by atoms with van der Waals surface area (Å²) in [6, 6.07) is 0.614. The molecule has 0 aliphatic carbocycles. The van der Waals surface area contributed by atoms with Gasteiger partial charge < -0.3 is 20.6 Å². The summed E-state index contributed by atoms with van der Waals surface area (Å²) in [6.45, 7) is 4.41. The van der Waals surface area contributed by atoms with Crippen molar-refractivity contribution in [2.75, 3.05) is 19.6 Å². The molecule has 3 unspecified atom stereocenters. The number of amides is 2. The number of fused-ring (bicyclic) bond motifs is 1. The van der Waals surface area contributed by atoms with Gasteiger partial charge in [-0.05, 0) is 38.6 Å². The Morgan fingerprint density at radius 3 is 2.86 bits per heavy atom. The van der Waals surface area contributed by atoms with Crippen LogP contribution in [0.3, 0.4) is 0 Å². The smallest absolute Gasteiger partial charge is 0.315 e. The molecule has 0 spiro atoms. The highest BCUT2D eigenvalue weighted by molar-refractivity contribution is 5.76. The first-order valence-electron chi connectivity index (χ1n) is 8.11. The van der Waals surface area contributed by atoms with E-state index in [0.29, 0.717) is 12.5 Å².